The molecule has 0 atom stereocenters. The number of hydrogen-bond donors (Lipinski definition) is 3. The Bertz CT molecular complexity index is 24.1. The molecule has 0 spiro atoms. The lowest BCUT2D eigenvalue weighted by Crippen LogP contribution is -1.54. The van der Waals surface area contributed by atoms with Crippen LogP contribution in [0.25, 0.3) is 0 Å². The lowest BCUT2D eigenvalue weighted by molar-refractivity contribution is 0.368. The second-order valence-electron chi connectivity index (χ2n) is 0.975. The van der Waals surface area contributed by atoms with E-state index in [1.807, 2.05) is 0 Å². The highest BCUT2D eigenvalue weighted by molar-refractivity contribution is 7.38. The summed E-state index contributed by atoms with van der Waals surface area (Å²) < 4.78 is 0. The first kappa shape index (κ1) is 10.8. The first-order valence-corrected chi connectivity index (χ1v) is 4.63. The Morgan fingerprint density at radius 2 is 1.43 bits per heavy atom. The molecule has 0 radical (unpaired) electrons. The molecule has 0 heterocycles. The summed E-state index contributed by atoms with van der Waals surface area (Å²) in [5, 5.41) is 1.39. The molecule has 0 aromatic rings. The molecular weight excluding hydrogens is 130 g/mol. The normalized spacial score (nSPS) is 7.57. The third-order valence-corrected chi connectivity index (χ3v) is 0. The maximum absolute atomic E-state index is 7.23. The third-order valence-electron chi connectivity index (χ3n) is 0. The fourth-order valence-electron chi connectivity index (χ4n) is 0. The van der Waals surface area contributed by atoms with Crippen LogP contribution in [0.1, 0.15) is 6.92 Å². The van der Waals surface area contributed by atoms with Gasteiger partial charge in [0.1, 0.15) is 0 Å². The molecule has 0 rings (SSSR count). The first-order chi connectivity index (χ1) is 3.15. The van der Waals surface area contributed by atoms with Gasteiger partial charge in [-0.1, -0.05) is 6.92 Å². The van der Waals surface area contributed by atoms with Crippen molar-refractivity contribution in [2.45, 2.75) is 12.2 Å². The molecule has 0 aliphatic rings. The predicted molar refractivity (Wildman–Crippen MR) is 32.6 cm³/mol. The van der Waals surface area contributed by atoms with Gasteiger partial charge in [-0.25, -0.2) is 0 Å². The average Bonchev–Trinajstić information content (AvgIpc) is 1.33. The van der Waals surface area contributed by atoms with Gasteiger partial charge in [0.2, 0.25) is 16.3 Å². The maximum Gasteiger partial charge on any atom is 0.324 e. The lowest BCUT2D eigenvalue weighted by Gasteiger charge is -1.76. The Hall–Kier alpha value is 0.842. The van der Waals surface area contributed by atoms with Crippen LogP contribution in [0, 0.1) is 0 Å². The molecule has 44 valence electrons. The van der Waals surface area contributed by atoms with Gasteiger partial charge in [-0.15, -0.1) is 5.28 Å². The van der Waals surface area contributed by atoms with Gasteiger partial charge in [0, 0.05) is 0 Å². The van der Waals surface area contributed by atoms with Crippen LogP contribution in [0.4, 0.5) is 0 Å². The SMILES string of the molecule is C[CH2][AlH2].OP(O)O. The van der Waals surface area contributed by atoms with Crippen molar-refractivity contribution >= 4 is 24.9 Å². The maximum atomic E-state index is 7.23. The lowest BCUT2D eigenvalue weighted by atomic mass is 11.0. The highest BCUT2D eigenvalue weighted by Gasteiger charge is 1.76. The van der Waals surface area contributed by atoms with Gasteiger partial charge in [0.15, 0.2) is 0 Å². The van der Waals surface area contributed by atoms with Crippen LogP contribution >= 0.6 is 8.60 Å². The topological polar surface area (TPSA) is 60.7 Å². The molecule has 0 aromatic carbocycles. The minimum Gasteiger partial charge on any atom is -0.328 e. The second-order valence-corrected chi connectivity index (χ2v) is 2.93. The Balaban J connectivity index is 0. The molecular formula is C2H10AlO3P. The Kier molecular flexibility index (Phi) is 15.3. The zero-order valence-electron chi connectivity index (χ0n) is 4.50. The monoisotopic (exact) mass is 140 g/mol. The van der Waals surface area contributed by atoms with Crippen molar-refractivity contribution in [2.75, 3.05) is 0 Å². The highest BCUT2D eigenvalue weighted by Crippen LogP contribution is 2.11. The van der Waals surface area contributed by atoms with Crippen molar-refractivity contribution in [3.05, 3.63) is 0 Å². The molecule has 0 bridgehead atoms. The van der Waals surface area contributed by atoms with Crippen molar-refractivity contribution in [1.82, 2.24) is 0 Å². The van der Waals surface area contributed by atoms with E-state index in [0.717, 1.165) is 0 Å². The second kappa shape index (κ2) is 9.96. The van der Waals surface area contributed by atoms with Crippen LogP contribution in [0.15, 0.2) is 0 Å². The van der Waals surface area contributed by atoms with Gasteiger partial charge >= 0.3 is 8.60 Å². The minimum atomic E-state index is -2.62. The van der Waals surface area contributed by atoms with E-state index in [1.54, 1.807) is 0 Å². The van der Waals surface area contributed by atoms with Crippen LogP contribution in [-0.4, -0.2) is 31.0 Å². The van der Waals surface area contributed by atoms with E-state index >= 15 is 0 Å². The molecule has 3 N–H and O–H groups in total. The summed E-state index contributed by atoms with van der Waals surface area (Å²) in [6, 6.07) is 0. The van der Waals surface area contributed by atoms with Crippen molar-refractivity contribution in [1.29, 1.82) is 0 Å². The minimum absolute atomic E-state index is 1.37. The molecule has 0 fully saturated rings. The van der Waals surface area contributed by atoms with Crippen molar-refractivity contribution in [3.63, 3.8) is 0 Å². The van der Waals surface area contributed by atoms with Gasteiger partial charge in [-0.2, -0.15) is 0 Å². The largest absolute Gasteiger partial charge is 0.328 e. The standard InChI is InChI=1S/C2H5.Al.H3O3P.2H/c1-2;;1-4(2)3;;/h1H2,2H3;;1-3H;;. The van der Waals surface area contributed by atoms with E-state index in [9.17, 15) is 0 Å². The number of hydrogen-bond acceptors (Lipinski definition) is 3. The van der Waals surface area contributed by atoms with E-state index in [1.165, 1.54) is 21.6 Å². The fraction of sp³-hybridized carbons (Fsp3) is 1.00. The van der Waals surface area contributed by atoms with Gasteiger partial charge in [0.25, 0.3) is 0 Å². The predicted octanol–water partition coefficient (Wildman–Crippen LogP) is -0.752. The van der Waals surface area contributed by atoms with E-state index in [0.29, 0.717) is 0 Å². The smallest absolute Gasteiger partial charge is 0.324 e. The Labute approximate surface area is 52.4 Å². The van der Waals surface area contributed by atoms with Crippen LogP contribution < -0.4 is 0 Å². The Morgan fingerprint density at radius 3 is 1.43 bits per heavy atom. The molecule has 7 heavy (non-hydrogen) atoms. The quantitative estimate of drug-likeness (QED) is 0.306. The van der Waals surface area contributed by atoms with Gasteiger partial charge in [0.05, 0.1) is 0 Å². The first-order valence-electron chi connectivity index (χ1n) is 2.01. The van der Waals surface area contributed by atoms with Crippen LogP contribution in [0.5, 0.6) is 0 Å². The molecule has 0 aliphatic carbocycles. The zero-order chi connectivity index (χ0) is 6.28. The third kappa shape index (κ3) is 226. The van der Waals surface area contributed by atoms with Crippen molar-refractivity contribution in [3.8, 4) is 0 Å². The molecule has 0 saturated carbocycles. The Morgan fingerprint density at radius 1 is 1.43 bits per heavy atom. The summed E-state index contributed by atoms with van der Waals surface area (Å²) in [7, 11) is -2.62. The van der Waals surface area contributed by atoms with Crippen molar-refractivity contribution < 1.29 is 14.7 Å². The van der Waals surface area contributed by atoms with Crippen LogP contribution in [0.2, 0.25) is 5.28 Å². The van der Waals surface area contributed by atoms with Gasteiger partial charge in [-0.3, -0.25) is 0 Å². The highest BCUT2D eigenvalue weighted by atomic mass is 31.2. The molecule has 0 aliphatic heterocycles. The summed E-state index contributed by atoms with van der Waals surface area (Å²) in [6.07, 6.45) is 0. The molecule has 5 heteroatoms. The summed E-state index contributed by atoms with van der Waals surface area (Å²) in [4.78, 5) is 21.7. The molecule has 3 nitrogen and oxygen atoms in total. The summed E-state index contributed by atoms with van der Waals surface area (Å²) >= 11 is 1.37. The van der Waals surface area contributed by atoms with E-state index < -0.39 is 8.60 Å². The number of rotatable bonds is 0. The van der Waals surface area contributed by atoms with E-state index in [-0.39, 0.29) is 0 Å². The fourth-order valence-corrected chi connectivity index (χ4v) is 0. The zero-order valence-corrected chi connectivity index (χ0v) is 7.39. The van der Waals surface area contributed by atoms with E-state index in [2.05, 4.69) is 6.92 Å². The molecule has 0 amide bonds. The van der Waals surface area contributed by atoms with Crippen molar-refractivity contribution in [2.24, 2.45) is 0 Å². The average molecular weight is 140 g/mol. The van der Waals surface area contributed by atoms with Gasteiger partial charge < -0.3 is 14.7 Å². The van der Waals surface area contributed by atoms with E-state index in [4.69, 9.17) is 14.7 Å². The molecule has 0 saturated heterocycles. The summed E-state index contributed by atoms with van der Waals surface area (Å²) in [5.74, 6) is 0. The van der Waals surface area contributed by atoms with Crippen LogP contribution in [-0.2, 0) is 0 Å². The molecule has 0 aromatic heterocycles. The molecule has 0 unspecified atom stereocenters. The summed E-state index contributed by atoms with van der Waals surface area (Å²) in [6.45, 7) is 2.19. The summed E-state index contributed by atoms with van der Waals surface area (Å²) in [5.41, 5.74) is 0. The van der Waals surface area contributed by atoms with Crippen LogP contribution in [0.3, 0.4) is 0 Å². The van der Waals surface area contributed by atoms with Gasteiger partial charge in [-0.05, 0) is 0 Å².